The second-order valence-corrected chi connectivity index (χ2v) is 3.95. The van der Waals surface area contributed by atoms with Crippen molar-refractivity contribution in [1.82, 2.24) is 0 Å². The number of amides is 1. The maximum Gasteiger partial charge on any atom is 0.299 e. The van der Waals surface area contributed by atoms with Crippen LogP contribution in [-0.2, 0) is 4.79 Å². The Kier molecular flexibility index (Phi) is 2.75. The Balaban J connectivity index is 2.38. The van der Waals surface area contributed by atoms with Gasteiger partial charge in [0.15, 0.2) is 0 Å². The number of hydrogen-bond donors (Lipinski definition) is 1. The van der Waals surface area contributed by atoms with Crippen LogP contribution in [-0.4, -0.2) is 24.8 Å². The Morgan fingerprint density at radius 1 is 1.31 bits per heavy atom. The molecule has 0 bridgehead atoms. The highest BCUT2D eigenvalue weighted by Crippen LogP contribution is 2.29. The van der Waals surface area contributed by atoms with Crippen molar-refractivity contribution in [2.75, 3.05) is 18.0 Å². The molecular weight excluding hydrogens is 204 g/mol. The third kappa shape index (κ3) is 1.61. The molecule has 2 rings (SSSR count). The lowest BCUT2D eigenvalue weighted by Crippen LogP contribution is -2.31. The molecule has 2 N–H and O–H groups in total. The molecule has 1 amide bonds. The quantitative estimate of drug-likeness (QED) is 0.766. The van der Waals surface area contributed by atoms with Gasteiger partial charge in [0, 0.05) is 6.54 Å². The van der Waals surface area contributed by atoms with Gasteiger partial charge in [0.1, 0.15) is 0 Å². The van der Waals surface area contributed by atoms with Gasteiger partial charge in [0.2, 0.25) is 0 Å². The molecule has 4 nitrogen and oxygen atoms in total. The molecule has 0 fully saturated rings. The van der Waals surface area contributed by atoms with Crippen LogP contribution in [0.4, 0.5) is 5.69 Å². The minimum atomic E-state index is -0.436. The van der Waals surface area contributed by atoms with Gasteiger partial charge in [-0.2, -0.15) is 0 Å². The van der Waals surface area contributed by atoms with E-state index in [4.69, 9.17) is 5.73 Å². The first-order valence-corrected chi connectivity index (χ1v) is 5.32. The maximum absolute atomic E-state index is 11.7. The largest absolute Gasteiger partial charge is 0.330 e. The van der Waals surface area contributed by atoms with Gasteiger partial charge in [-0.25, -0.2) is 0 Å². The van der Waals surface area contributed by atoms with Crippen molar-refractivity contribution in [1.29, 1.82) is 0 Å². The minimum absolute atomic E-state index is 0.407. The Bertz CT molecular complexity index is 454. The van der Waals surface area contributed by atoms with Gasteiger partial charge < -0.3 is 10.6 Å². The van der Waals surface area contributed by atoms with Gasteiger partial charge in [-0.15, -0.1) is 0 Å². The molecule has 1 heterocycles. The molecule has 1 aromatic carbocycles. The molecule has 0 aliphatic carbocycles. The van der Waals surface area contributed by atoms with E-state index in [0.717, 1.165) is 5.56 Å². The number of carbonyl (C=O) groups excluding carboxylic acids is 2. The Morgan fingerprint density at radius 2 is 2.06 bits per heavy atom. The van der Waals surface area contributed by atoms with Gasteiger partial charge in [-0.05, 0) is 32.0 Å². The molecule has 1 aromatic rings. The fourth-order valence-electron chi connectivity index (χ4n) is 1.89. The highest BCUT2D eigenvalue weighted by molar-refractivity contribution is 6.52. The molecular formula is C12H14N2O2. The standard InChI is InChI=1S/C12H14N2O2/c1-8-3-4-10-9(7-8)11(15)12(16)14(10)6-2-5-13/h3-4,7H,2,5-6,13H2,1H3. The first-order chi connectivity index (χ1) is 7.65. The van der Waals surface area contributed by atoms with E-state index in [1.165, 1.54) is 4.90 Å². The van der Waals surface area contributed by atoms with Crippen molar-refractivity contribution < 1.29 is 9.59 Å². The van der Waals surface area contributed by atoms with Gasteiger partial charge in [0.05, 0.1) is 11.3 Å². The summed E-state index contributed by atoms with van der Waals surface area (Å²) in [5, 5.41) is 0. The summed E-state index contributed by atoms with van der Waals surface area (Å²) in [5.74, 6) is -0.843. The lowest BCUT2D eigenvalue weighted by molar-refractivity contribution is -0.114. The third-order valence-electron chi connectivity index (χ3n) is 2.71. The maximum atomic E-state index is 11.7. The topological polar surface area (TPSA) is 63.4 Å². The number of aryl methyl sites for hydroxylation is 1. The van der Waals surface area contributed by atoms with Gasteiger partial charge in [-0.3, -0.25) is 9.59 Å². The lowest BCUT2D eigenvalue weighted by atomic mass is 10.1. The van der Waals surface area contributed by atoms with Crippen LogP contribution in [0.25, 0.3) is 0 Å². The molecule has 0 atom stereocenters. The number of Topliss-reactive ketones (excluding diaryl/α,β-unsaturated/α-hetero) is 1. The molecule has 16 heavy (non-hydrogen) atoms. The van der Waals surface area contributed by atoms with Gasteiger partial charge in [-0.1, -0.05) is 11.6 Å². The number of carbonyl (C=O) groups is 2. The van der Waals surface area contributed by atoms with Crippen LogP contribution in [0.3, 0.4) is 0 Å². The lowest BCUT2D eigenvalue weighted by Gasteiger charge is -2.15. The summed E-state index contributed by atoms with van der Waals surface area (Å²) in [7, 11) is 0. The molecule has 0 unspecified atom stereocenters. The summed E-state index contributed by atoms with van der Waals surface area (Å²) >= 11 is 0. The predicted molar refractivity (Wildman–Crippen MR) is 61.5 cm³/mol. The van der Waals surface area contributed by atoms with E-state index in [9.17, 15) is 9.59 Å². The summed E-state index contributed by atoms with van der Waals surface area (Å²) in [6.45, 7) is 2.93. The fraction of sp³-hybridized carbons (Fsp3) is 0.333. The van der Waals surface area contributed by atoms with Crippen molar-refractivity contribution >= 4 is 17.4 Å². The summed E-state index contributed by atoms with van der Waals surface area (Å²) in [6.07, 6.45) is 0.701. The third-order valence-corrected chi connectivity index (χ3v) is 2.71. The second kappa shape index (κ2) is 4.06. The minimum Gasteiger partial charge on any atom is -0.330 e. The monoisotopic (exact) mass is 218 g/mol. The SMILES string of the molecule is Cc1ccc2c(c1)C(=O)C(=O)N2CCCN. The van der Waals surface area contributed by atoms with Crippen molar-refractivity contribution in [3.05, 3.63) is 29.3 Å². The van der Waals surface area contributed by atoms with Crippen LogP contribution >= 0.6 is 0 Å². The Hall–Kier alpha value is -1.68. The Morgan fingerprint density at radius 3 is 2.75 bits per heavy atom. The number of hydrogen-bond acceptors (Lipinski definition) is 3. The highest BCUT2D eigenvalue weighted by atomic mass is 16.2. The zero-order chi connectivity index (χ0) is 11.7. The zero-order valence-corrected chi connectivity index (χ0v) is 9.19. The van der Waals surface area contributed by atoms with Crippen LogP contribution in [0.1, 0.15) is 22.3 Å². The van der Waals surface area contributed by atoms with Crippen molar-refractivity contribution in [2.24, 2.45) is 5.73 Å². The smallest absolute Gasteiger partial charge is 0.299 e. The van der Waals surface area contributed by atoms with E-state index in [2.05, 4.69) is 0 Å². The van der Waals surface area contributed by atoms with Crippen LogP contribution in [0.15, 0.2) is 18.2 Å². The van der Waals surface area contributed by atoms with Crippen LogP contribution in [0.2, 0.25) is 0 Å². The number of nitrogens with zero attached hydrogens (tertiary/aromatic N) is 1. The molecule has 0 saturated heterocycles. The average molecular weight is 218 g/mol. The summed E-state index contributed by atoms with van der Waals surface area (Å²) in [4.78, 5) is 24.9. The number of benzene rings is 1. The van der Waals surface area contributed by atoms with Crippen molar-refractivity contribution in [2.45, 2.75) is 13.3 Å². The Labute approximate surface area is 94.0 Å². The second-order valence-electron chi connectivity index (χ2n) is 3.95. The number of rotatable bonds is 3. The molecule has 84 valence electrons. The fourth-order valence-corrected chi connectivity index (χ4v) is 1.89. The van der Waals surface area contributed by atoms with Crippen LogP contribution in [0, 0.1) is 6.92 Å². The molecule has 0 spiro atoms. The van der Waals surface area contributed by atoms with E-state index in [1.54, 1.807) is 6.07 Å². The number of nitrogens with two attached hydrogens (primary N) is 1. The summed E-state index contributed by atoms with van der Waals surface area (Å²) in [5.41, 5.74) is 7.63. The van der Waals surface area contributed by atoms with E-state index >= 15 is 0 Å². The highest BCUT2D eigenvalue weighted by Gasteiger charge is 2.34. The van der Waals surface area contributed by atoms with E-state index in [-0.39, 0.29) is 0 Å². The van der Waals surface area contributed by atoms with E-state index < -0.39 is 11.7 Å². The first-order valence-electron chi connectivity index (χ1n) is 5.32. The first kappa shape index (κ1) is 10.8. The average Bonchev–Trinajstić information content (AvgIpc) is 2.50. The van der Waals surface area contributed by atoms with E-state index in [0.29, 0.717) is 30.8 Å². The normalized spacial score (nSPS) is 14.5. The molecule has 0 radical (unpaired) electrons. The van der Waals surface area contributed by atoms with Crippen molar-refractivity contribution in [3.8, 4) is 0 Å². The van der Waals surface area contributed by atoms with E-state index in [1.807, 2.05) is 19.1 Å². The van der Waals surface area contributed by atoms with Crippen LogP contribution < -0.4 is 10.6 Å². The molecule has 4 heteroatoms. The summed E-state index contributed by atoms with van der Waals surface area (Å²) in [6, 6.07) is 5.49. The van der Waals surface area contributed by atoms with Crippen molar-refractivity contribution in [3.63, 3.8) is 0 Å². The number of fused-ring (bicyclic) bond motifs is 1. The molecule has 0 saturated carbocycles. The van der Waals surface area contributed by atoms with Crippen LogP contribution in [0.5, 0.6) is 0 Å². The summed E-state index contributed by atoms with van der Waals surface area (Å²) < 4.78 is 0. The number of ketones is 1. The molecule has 0 aromatic heterocycles. The zero-order valence-electron chi connectivity index (χ0n) is 9.19. The van der Waals surface area contributed by atoms with Gasteiger partial charge in [0.25, 0.3) is 11.7 Å². The van der Waals surface area contributed by atoms with Gasteiger partial charge >= 0.3 is 0 Å². The predicted octanol–water partition coefficient (Wildman–Crippen LogP) is 0.873. The molecule has 1 aliphatic rings. The number of anilines is 1. The molecule has 1 aliphatic heterocycles.